The molecule has 2 N–H and O–H groups in total. The van der Waals surface area contributed by atoms with E-state index in [1.807, 2.05) is 0 Å². The lowest BCUT2D eigenvalue weighted by Gasteiger charge is -2.28. The smallest absolute Gasteiger partial charge is 0.306 e. The number of nitrogens with one attached hydrogen (secondary N) is 1. The highest BCUT2D eigenvalue weighted by atomic mass is 16.4. The van der Waals surface area contributed by atoms with Crippen LogP contribution in [0, 0.1) is 17.8 Å². The molecule has 0 heterocycles. The second-order valence-corrected chi connectivity index (χ2v) is 6.94. The van der Waals surface area contributed by atoms with Gasteiger partial charge in [0.2, 0.25) is 0 Å². The molecule has 0 saturated heterocycles. The van der Waals surface area contributed by atoms with E-state index >= 15 is 0 Å². The van der Waals surface area contributed by atoms with E-state index < -0.39 is 5.97 Å². The van der Waals surface area contributed by atoms with Crippen molar-refractivity contribution in [3.8, 4) is 0 Å². The summed E-state index contributed by atoms with van der Waals surface area (Å²) in [6.45, 7) is 3.42. The Morgan fingerprint density at radius 1 is 1.00 bits per heavy atom. The van der Waals surface area contributed by atoms with Crippen molar-refractivity contribution >= 4 is 5.97 Å². The Hall–Kier alpha value is -0.570. The number of rotatable bonds is 5. The molecule has 20 heavy (non-hydrogen) atoms. The normalized spacial score (nSPS) is 35.5. The first kappa shape index (κ1) is 15.8. The fraction of sp³-hybridized carbons (Fsp3) is 0.941. The van der Waals surface area contributed by atoms with Crippen LogP contribution in [0.5, 0.6) is 0 Å². The molecule has 116 valence electrons. The van der Waals surface area contributed by atoms with Gasteiger partial charge in [0.1, 0.15) is 0 Å². The highest BCUT2D eigenvalue weighted by Crippen LogP contribution is 2.29. The number of carboxylic acid groups (broad SMARTS) is 1. The molecule has 0 bridgehead atoms. The van der Waals surface area contributed by atoms with Crippen molar-refractivity contribution in [2.75, 3.05) is 6.54 Å². The Balaban J connectivity index is 1.64. The maximum atomic E-state index is 10.9. The maximum absolute atomic E-state index is 10.9. The van der Waals surface area contributed by atoms with Gasteiger partial charge in [-0.3, -0.25) is 4.79 Å². The molecule has 2 atom stereocenters. The van der Waals surface area contributed by atoms with E-state index in [0.29, 0.717) is 12.0 Å². The molecular weight excluding hydrogens is 250 g/mol. The Morgan fingerprint density at radius 2 is 1.70 bits per heavy atom. The Labute approximate surface area is 123 Å². The number of aliphatic carboxylic acids is 1. The third-order valence-corrected chi connectivity index (χ3v) is 5.56. The predicted molar refractivity (Wildman–Crippen MR) is 81.7 cm³/mol. The van der Waals surface area contributed by atoms with Gasteiger partial charge in [-0.25, -0.2) is 0 Å². The van der Waals surface area contributed by atoms with E-state index in [1.54, 1.807) is 0 Å². The van der Waals surface area contributed by atoms with Crippen molar-refractivity contribution in [1.29, 1.82) is 0 Å². The predicted octanol–water partition coefficient (Wildman–Crippen LogP) is 3.83. The highest BCUT2D eigenvalue weighted by molar-refractivity contribution is 5.69. The average Bonchev–Trinajstić information content (AvgIpc) is 2.70. The van der Waals surface area contributed by atoms with Crippen LogP contribution in [-0.2, 0) is 4.79 Å². The van der Waals surface area contributed by atoms with Gasteiger partial charge in [0.15, 0.2) is 0 Å². The van der Waals surface area contributed by atoms with Crippen molar-refractivity contribution in [1.82, 2.24) is 5.32 Å². The Kier molecular flexibility index (Phi) is 6.34. The molecule has 0 aromatic heterocycles. The van der Waals surface area contributed by atoms with Crippen LogP contribution in [0.15, 0.2) is 0 Å². The van der Waals surface area contributed by atoms with Crippen molar-refractivity contribution in [2.24, 2.45) is 17.8 Å². The molecule has 2 aliphatic carbocycles. The van der Waals surface area contributed by atoms with Crippen LogP contribution in [0.1, 0.15) is 71.1 Å². The minimum Gasteiger partial charge on any atom is -0.481 e. The second-order valence-electron chi connectivity index (χ2n) is 6.94. The Bertz CT molecular complexity index is 297. The third-order valence-electron chi connectivity index (χ3n) is 5.56. The fourth-order valence-corrected chi connectivity index (χ4v) is 3.94. The van der Waals surface area contributed by atoms with Gasteiger partial charge in [-0.2, -0.15) is 0 Å². The molecule has 3 nitrogen and oxygen atoms in total. The molecule has 3 heteroatoms. The molecule has 2 saturated carbocycles. The van der Waals surface area contributed by atoms with Gasteiger partial charge in [-0.05, 0) is 63.3 Å². The van der Waals surface area contributed by atoms with Gasteiger partial charge < -0.3 is 10.4 Å². The molecule has 0 aromatic rings. The summed E-state index contributed by atoms with van der Waals surface area (Å²) in [7, 11) is 0. The van der Waals surface area contributed by atoms with E-state index in [-0.39, 0.29) is 5.92 Å². The molecule has 2 aliphatic rings. The van der Waals surface area contributed by atoms with Crippen molar-refractivity contribution in [3.05, 3.63) is 0 Å². The fourth-order valence-electron chi connectivity index (χ4n) is 3.94. The number of hydrogen-bond donors (Lipinski definition) is 2. The molecule has 0 aromatic carbocycles. The topological polar surface area (TPSA) is 49.3 Å². The first-order valence-corrected chi connectivity index (χ1v) is 8.65. The van der Waals surface area contributed by atoms with E-state index in [0.717, 1.165) is 38.1 Å². The van der Waals surface area contributed by atoms with Gasteiger partial charge in [-0.15, -0.1) is 0 Å². The van der Waals surface area contributed by atoms with Crippen LogP contribution < -0.4 is 5.32 Å². The lowest BCUT2D eigenvalue weighted by atomic mass is 9.82. The maximum Gasteiger partial charge on any atom is 0.306 e. The summed E-state index contributed by atoms with van der Waals surface area (Å²) >= 11 is 0. The molecule has 0 spiro atoms. The minimum atomic E-state index is -0.592. The average molecular weight is 281 g/mol. The van der Waals surface area contributed by atoms with Gasteiger partial charge in [-0.1, -0.05) is 26.2 Å². The van der Waals surface area contributed by atoms with Gasteiger partial charge >= 0.3 is 5.97 Å². The zero-order valence-corrected chi connectivity index (χ0v) is 12.9. The van der Waals surface area contributed by atoms with Crippen LogP contribution in [0.4, 0.5) is 0 Å². The van der Waals surface area contributed by atoms with Crippen LogP contribution in [0.25, 0.3) is 0 Å². The van der Waals surface area contributed by atoms with Crippen molar-refractivity contribution in [2.45, 2.75) is 77.2 Å². The molecule has 0 radical (unpaired) electrons. The number of carbonyl (C=O) groups is 1. The quantitative estimate of drug-likeness (QED) is 0.753. The van der Waals surface area contributed by atoms with Crippen molar-refractivity contribution < 1.29 is 9.90 Å². The lowest BCUT2D eigenvalue weighted by molar-refractivity contribution is -0.143. The first-order chi connectivity index (χ1) is 9.69. The van der Waals surface area contributed by atoms with Crippen LogP contribution in [-0.4, -0.2) is 23.7 Å². The van der Waals surface area contributed by atoms with Gasteiger partial charge in [0.25, 0.3) is 0 Å². The summed E-state index contributed by atoms with van der Waals surface area (Å²) in [5.41, 5.74) is 0. The largest absolute Gasteiger partial charge is 0.481 e. The van der Waals surface area contributed by atoms with Gasteiger partial charge in [0.05, 0.1) is 5.92 Å². The van der Waals surface area contributed by atoms with Crippen molar-refractivity contribution in [3.63, 3.8) is 0 Å². The lowest BCUT2D eigenvalue weighted by Crippen LogP contribution is -2.35. The molecule has 2 fully saturated rings. The summed E-state index contributed by atoms with van der Waals surface area (Å²) in [4.78, 5) is 10.9. The minimum absolute atomic E-state index is 0.0746. The summed E-state index contributed by atoms with van der Waals surface area (Å²) in [5.74, 6) is 0.990. The number of carboxylic acids is 1. The first-order valence-electron chi connectivity index (χ1n) is 8.65. The van der Waals surface area contributed by atoms with Crippen LogP contribution >= 0.6 is 0 Å². The van der Waals surface area contributed by atoms with E-state index in [9.17, 15) is 4.79 Å². The molecule has 2 rings (SSSR count). The zero-order chi connectivity index (χ0) is 14.4. The van der Waals surface area contributed by atoms with Crippen LogP contribution in [0.3, 0.4) is 0 Å². The van der Waals surface area contributed by atoms with E-state index in [2.05, 4.69) is 12.2 Å². The monoisotopic (exact) mass is 281 g/mol. The third kappa shape index (κ3) is 4.76. The SMILES string of the molecule is CCC1CCCC(NCC2CCC(C(=O)O)CC2)CC1. The summed E-state index contributed by atoms with van der Waals surface area (Å²) in [5, 5.41) is 12.8. The summed E-state index contributed by atoms with van der Waals surface area (Å²) < 4.78 is 0. The summed E-state index contributed by atoms with van der Waals surface area (Å²) in [6, 6.07) is 0.712. The molecule has 0 amide bonds. The standard InChI is InChI=1S/C17H31NO2/c1-2-13-4-3-5-16(11-8-13)18-12-14-6-9-15(10-7-14)17(19)20/h13-16,18H,2-12H2,1H3,(H,19,20). The Morgan fingerprint density at radius 3 is 2.35 bits per heavy atom. The molecule has 2 unspecified atom stereocenters. The van der Waals surface area contributed by atoms with E-state index in [1.165, 1.54) is 38.5 Å². The van der Waals surface area contributed by atoms with Crippen LogP contribution in [0.2, 0.25) is 0 Å². The molecule has 0 aliphatic heterocycles. The highest BCUT2D eigenvalue weighted by Gasteiger charge is 2.26. The second kappa shape index (κ2) is 8.02. The number of hydrogen-bond acceptors (Lipinski definition) is 2. The molecular formula is C17H31NO2. The zero-order valence-electron chi connectivity index (χ0n) is 12.9. The van der Waals surface area contributed by atoms with Gasteiger partial charge in [0, 0.05) is 6.04 Å². The van der Waals surface area contributed by atoms with E-state index in [4.69, 9.17) is 5.11 Å². The summed E-state index contributed by atoms with van der Waals surface area (Å²) in [6.07, 6.45) is 12.1.